The summed E-state index contributed by atoms with van der Waals surface area (Å²) in [6.07, 6.45) is 0. The normalized spacial score (nSPS) is 11.6. The lowest BCUT2D eigenvalue weighted by atomic mass is 9.89. The second-order valence-corrected chi connectivity index (χ2v) is 14.6. The van der Waals surface area contributed by atoms with Crippen molar-refractivity contribution in [3.05, 3.63) is 218 Å². The Morgan fingerprint density at radius 3 is 1.40 bits per heavy atom. The van der Waals surface area contributed by atoms with E-state index >= 15 is 0 Å². The first-order valence-corrected chi connectivity index (χ1v) is 19.4. The maximum absolute atomic E-state index is 6.77. The van der Waals surface area contributed by atoms with Crippen molar-refractivity contribution in [3.63, 3.8) is 0 Å². The minimum absolute atomic E-state index is 0.875. The Bertz CT molecular complexity index is 3010. The first-order chi connectivity index (χ1) is 28.2. The van der Waals surface area contributed by atoms with E-state index < -0.39 is 0 Å². The average molecular weight is 729 g/mol. The molecular formula is C54H36N2O. The average Bonchev–Trinajstić information content (AvgIpc) is 3.28. The predicted octanol–water partition coefficient (Wildman–Crippen LogP) is 15.5. The smallest absolute Gasteiger partial charge is 0.135 e. The van der Waals surface area contributed by atoms with Crippen LogP contribution in [0.1, 0.15) is 0 Å². The van der Waals surface area contributed by atoms with Gasteiger partial charge in [-0.25, -0.2) is 0 Å². The predicted molar refractivity (Wildman–Crippen MR) is 239 cm³/mol. The minimum atomic E-state index is 0.875. The first-order valence-electron chi connectivity index (χ1n) is 19.4. The van der Waals surface area contributed by atoms with Gasteiger partial charge in [-0.1, -0.05) is 115 Å². The van der Waals surface area contributed by atoms with Crippen LogP contribution in [0.15, 0.2) is 218 Å². The van der Waals surface area contributed by atoms with Gasteiger partial charge in [-0.2, -0.15) is 0 Å². The maximum Gasteiger partial charge on any atom is 0.135 e. The maximum atomic E-state index is 6.77. The lowest BCUT2D eigenvalue weighted by Gasteiger charge is -2.27. The molecule has 10 aromatic carbocycles. The van der Waals surface area contributed by atoms with Crippen molar-refractivity contribution < 1.29 is 4.74 Å². The molecule has 1 heterocycles. The highest BCUT2D eigenvalue weighted by Crippen LogP contribution is 2.50. The summed E-state index contributed by atoms with van der Waals surface area (Å²) >= 11 is 0. The molecule has 0 N–H and O–H groups in total. The molecule has 0 bridgehead atoms. The highest BCUT2D eigenvalue weighted by atomic mass is 16.5. The molecule has 0 aromatic heterocycles. The second-order valence-electron chi connectivity index (χ2n) is 14.6. The van der Waals surface area contributed by atoms with E-state index in [2.05, 4.69) is 228 Å². The summed E-state index contributed by atoms with van der Waals surface area (Å²) in [6, 6.07) is 77.9. The van der Waals surface area contributed by atoms with Crippen LogP contribution in [0.4, 0.5) is 34.1 Å². The first kappa shape index (κ1) is 32.8. The number of para-hydroxylation sites is 4. The Kier molecular flexibility index (Phi) is 7.82. The van der Waals surface area contributed by atoms with E-state index in [-0.39, 0.29) is 0 Å². The number of hydrogen-bond acceptors (Lipinski definition) is 3. The molecule has 0 saturated carbocycles. The fourth-order valence-corrected chi connectivity index (χ4v) is 8.48. The van der Waals surface area contributed by atoms with Crippen molar-refractivity contribution in [2.45, 2.75) is 0 Å². The summed E-state index contributed by atoms with van der Waals surface area (Å²) in [5.41, 5.74) is 11.3. The minimum Gasteiger partial charge on any atom is -0.456 e. The van der Waals surface area contributed by atoms with Crippen LogP contribution < -0.4 is 14.5 Å². The van der Waals surface area contributed by atoms with Crippen LogP contribution in [-0.4, -0.2) is 0 Å². The van der Waals surface area contributed by atoms with Crippen molar-refractivity contribution in [1.29, 1.82) is 0 Å². The van der Waals surface area contributed by atoms with Crippen molar-refractivity contribution in [2.24, 2.45) is 0 Å². The number of nitrogens with zero attached hydrogens (tertiary/aromatic N) is 2. The zero-order chi connectivity index (χ0) is 37.7. The van der Waals surface area contributed by atoms with Gasteiger partial charge in [-0.3, -0.25) is 0 Å². The summed E-state index contributed by atoms with van der Waals surface area (Å²) in [5, 5.41) is 7.11. The highest BCUT2D eigenvalue weighted by molar-refractivity contribution is 6.18. The lowest BCUT2D eigenvalue weighted by Crippen LogP contribution is -2.09. The van der Waals surface area contributed by atoms with Gasteiger partial charge in [-0.05, 0) is 147 Å². The van der Waals surface area contributed by atoms with E-state index in [1.165, 1.54) is 32.5 Å². The van der Waals surface area contributed by atoms with Crippen molar-refractivity contribution in [2.75, 3.05) is 9.80 Å². The molecule has 1 aliphatic heterocycles. The quantitative estimate of drug-likeness (QED) is 0.152. The molecule has 3 heteroatoms. The van der Waals surface area contributed by atoms with E-state index in [9.17, 15) is 0 Å². The number of ether oxygens (including phenoxy) is 1. The lowest BCUT2D eigenvalue weighted by molar-refractivity contribution is 0.487. The van der Waals surface area contributed by atoms with Gasteiger partial charge in [0.2, 0.25) is 0 Å². The summed E-state index contributed by atoms with van der Waals surface area (Å²) in [6.45, 7) is 0. The van der Waals surface area contributed by atoms with Gasteiger partial charge in [0, 0.05) is 45.1 Å². The van der Waals surface area contributed by atoms with Gasteiger partial charge in [0.1, 0.15) is 11.5 Å². The Balaban J connectivity index is 0.963. The molecular weight excluding hydrogens is 693 g/mol. The van der Waals surface area contributed by atoms with Crippen LogP contribution in [-0.2, 0) is 0 Å². The number of fused-ring (bicyclic) bond motifs is 5. The van der Waals surface area contributed by atoms with Crippen LogP contribution in [0, 0.1) is 0 Å². The van der Waals surface area contributed by atoms with E-state index in [4.69, 9.17) is 4.74 Å². The van der Waals surface area contributed by atoms with E-state index in [0.717, 1.165) is 67.7 Å². The molecule has 0 unspecified atom stereocenters. The molecule has 3 nitrogen and oxygen atoms in total. The van der Waals surface area contributed by atoms with Crippen LogP contribution in [0.25, 0.3) is 54.6 Å². The molecule has 0 fully saturated rings. The molecule has 0 spiro atoms. The molecule has 0 atom stereocenters. The monoisotopic (exact) mass is 728 g/mol. The Hall–Kier alpha value is -7.62. The third-order valence-electron chi connectivity index (χ3n) is 11.1. The van der Waals surface area contributed by atoms with E-state index in [1.54, 1.807) is 0 Å². The van der Waals surface area contributed by atoms with Crippen molar-refractivity contribution in [3.8, 4) is 33.8 Å². The Morgan fingerprint density at radius 2 is 0.789 bits per heavy atom. The van der Waals surface area contributed by atoms with Crippen LogP contribution in [0.3, 0.4) is 0 Å². The van der Waals surface area contributed by atoms with Gasteiger partial charge in [0.05, 0.1) is 0 Å². The van der Waals surface area contributed by atoms with Crippen LogP contribution >= 0.6 is 0 Å². The molecule has 10 aromatic rings. The summed E-state index contributed by atoms with van der Waals surface area (Å²) in [7, 11) is 0. The van der Waals surface area contributed by atoms with Crippen LogP contribution in [0.5, 0.6) is 11.5 Å². The standard InChI is InChI=1S/C54H36N2O/c1-5-14-42(15-6-1)55(43-16-7-2-8-17-43)46-29-26-38-32-37(24-25-39(38)33-46)40-28-31-48-51-34-41-27-30-47(56(44-18-9-3-10-19-44)45-20-11-4-12-21-45)36-50(41)49-22-13-23-52(54(49)51)57-53(48)35-40/h1-36H. The fraction of sp³-hybridized carbons (Fsp3) is 0. The number of anilines is 6. The van der Waals surface area contributed by atoms with Gasteiger partial charge in [0.25, 0.3) is 0 Å². The van der Waals surface area contributed by atoms with E-state index in [0.29, 0.717) is 0 Å². The number of rotatable bonds is 7. The van der Waals surface area contributed by atoms with E-state index in [1.807, 2.05) is 0 Å². The Labute approximate surface area is 331 Å². The van der Waals surface area contributed by atoms with Crippen molar-refractivity contribution in [1.82, 2.24) is 0 Å². The largest absolute Gasteiger partial charge is 0.456 e. The van der Waals surface area contributed by atoms with Gasteiger partial charge in [0.15, 0.2) is 0 Å². The topological polar surface area (TPSA) is 15.7 Å². The SMILES string of the molecule is c1ccc(N(c2ccccc2)c2ccc3cc(-c4ccc5c(c4)Oc4cccc6c4c-5cc4ccc(N(c5ccccc5)c5ccccc5)cc46)ccc3c2)cc1. The molecule has 1 aliphatic rings. The zero-order valence-corrected chi connectivity index (χ0v) is 31.1. The molecule has 0 saturated heterocycles. The molecule has 11 rings (SSSR count). The highest BCUT2D eigenvalue weighted by Gasteiger charge is 2.23. The molecule has 0 radical (unpaired) electrons. The number of benzene rings is 10. The van der Waals surface area contributed by atoms with Crippen molar-refractivity contribution >= 4 is 66.4 Å². The molecule has 0 aliphatic carbocycles. The summed E-state index contributed by atoms with van der Waals surface area (Å²) < 4.78 is 6.77. The summed E-state index contributed by atoms with van der Waals surface area (Å²) in [4.78, 5) is 4.62. The van der Waals surface area contributed by atoms with Gasteiger partial charge < -0.3 is 14.5 Å². The third kappa shape index (κ3) is 5.76. The molecule has 0 amide bonds. The van der Waals surface area contributed by atoms with Gasteiger partial charge >= 0.3 is 0 Å². The Morgan fingerprint density at radius 1 is 0.281 bits per heavy atom. The number of hydrogen-bond donors (Lipinski definition) is 0. The zero-order valence-electron chi connectivity index (χ0n) is 31.1. The van der Waals surface area contributed by atoms with Crippen LogP contribution in [0.2, 0.25) is 0 Å². The van der Waals surface area contributed by atoms with Gasteiger partial charge in [-0.15, -0.1) is 0 Å². The second kappa shape index (κ2) is 13.6. The fourth-order valence-electron chi connectivity index (χ4n) is 8.48. The summed E-state index contributed by atoms with van der Waals surface area (Å²) in [5.74, 6) is 1.76. The third-order valence-corrected chi connectivity index (χ3v) is 11.1. The molecule has 57 heavy (non-hydrogen) atoms. The molecule has 268 valence electrons.